The Morgan fingerprint density at radius 1 is 0.960 bits per heavy atom. The number of hydrogen-bond acceptors (Lipinski definition) is 3. The number of anilines is 1. The SMILES string of the molecule is O=C(O)[C@H]1[C@@H]2CC[C@@H](C2)[C@@H]1C(=O)N1CCN(c2ccc(F)cc2)CC1. The summed E-state index contributed by atoms with van der Waals surface area (Å²) >= 11 is 0. The highest BCUT2D eigenvalue weighted by atomic mass is 19.1. The molecule has 2 saturated carbocycles. The molecule has 0 spiro atoms. The van der Waals surface area contributed by atoms with Crippen molar-refractivity contribution in [1.82, 2.24) is 4.90 Å². The summed E-state index contributed by atoms with van der Waals surface area (Å²) in [6, 6.07) is 6.39. The number of carbonyl (C=O) groups excluding carboxylic acids is 1. The topological polar surface area (TPSA) is 60.9 Å². The molecule has 1 heterocycles. The number of benzene rings is 1. The molecular weight excluding hydrogens is 323 g/mol. The van der Waals surface area contributed by atoms with E-state index in [1.54, 1.807) is 12.1 Å². The first-order chi connectivity index (χ1) is 12.0. The maximum Gasteiger partial charge on any atom is 0.307 e. The predicted octanol–water partition coefficient (Wildman–Crippen LogP) is 2.22. The molecule has 4 atom stereocenters. The number of amides is 1. The van der Waals surface area contributed by atoms with Gasteiger partial charge in [-0.25, -0.2) is 4.39 Å². The van der Waals surface area contributed by atoms with E-state index in [1.165, 1.54) is 12.1 Å². The van der Waals surface area contributed by atoms with Crippen LogP contribution in [0, 0.1) is 29.5 Å². The minimum absolute atomic E-state index is 0.0263. The number of nitrogens with zero attached hydrogens (tertiary/aromatic N) is 2. The van der Waals surface area contributed by atoms with Crippen LogP contribution in [0.5, 0.6) is 0 Å². The largest absolute Gasteiger partial charge is 0.481 e. The Labute approximate surface area is 146 Å². The lowest BCUT2D eigenvalue weighted by atomic mass is 9.78. The van der Waals surface area contributed by atoms with Crippen molar-refractivity contribution < 1.29 is 19.1 Å². The second-order valence-corrected chi connectivity index (χ2v) is 7.51. The second kappa shape index (κ2) is 6.32. The lowest BCUT2D eigenvalue weighted by molar-refractivity contribution is -0.153. The molecule has 1 N–H and O–H groups in total. The van der Waals surface area contributed by atoms with Gasteiger partial charge in [0.15, 0.2) is 0 Å². The monoisotopic (exact) mass is 346 g/mol. The van der Waals surface area contributed by atoms with Crippen molar-refractivity contribution in [2.75, 3.05) is 31.1 Å². The molecule has 3 aliphatic rings. The Kier molecular flexibility index (Phi) is 4.13. The molecule has 3 fully saturated rings. The third kappa shape index (κ3) is 2.87. The van der Waals surface area contributed by atoms with Gasteiger partial charge < -0.3 is 14.9 Å². The number of fused-ring (bicyclic) bond motifs is 2. The van der Waals surface area contributed by atoms with E-state index in [0.717, 1.165) is 24.9 Å². The van der Waals surface area contributed by atoms with Gasteiger partial charge in [0.05, 0.1) is 11.8 Å². The van der Waals surface area contributed by atoms with E-state index < -0.39 is 11.9 Å². The molecule has 1 aliphatic heterocycles. The lowest BCUT2D eigenvalue weighted by Gasteiger charge is -2.39. The summed E-state index contributed by atoms with van der Waals surface area (Å²) in [5.41, 5.74) is 0.955. The van der Waals surface area contributed by atoms with E-state index in [2.05, 4.69) is 4.90 Å². The van der Waals surface area contributed by atoms with Crippen molar-refractivity contribution in [3.8, 4) is 0 Å². The standard InChI is InChI=1S/C19H23FN2O3/c20-14-3-5-15(6-4-14)21-7-9-22(10-8-21)18(23)16-12-1-2-13(11-12)17(16)19(24)25/h3-6,12-13,16-17H,1-2,7-11H2,(H,24,25)/t12-,13+,16-,17-/m0/s1. The zero-order chi connectivity index (χ0) is 17.6. The first-order valence-electron chi connectivity index (χ1n) is 9.06. The van der Waals surface area contributed by atoms with Gasteiger partial charge in [-0.1, -0.05) is 0 Å². The van der Waals surface area contributed by atoms with Crippen LogP contribution in [0.3, 0.4) is 0 Å². The molecule has 2 aliphatic carbocycles. The number of carboxylic acid groups (broad SMARTS) is 1. The van der Waals surface area contributed by atoms with Crippen LogP contribution in [0.15, 0.2) is 24.3 Å². The van der Waals surface area contributed by atoms with E-state index >= 15 is 0 Å². The van der Waals surface area contributed by atoms with Gasteiger partial charge >= 0.3 is 5.97 Å². The summed E-state index contributed by atoms with van der Waals surface area (Å²) in [5, 5.41) is 9.56. The van der Waals surface area contributed by atoms with Gasteiger partial charge in [-0.15, -0.1) is 0 Å². The fraction of sp³-hybridized carbons (Fsp3) is 0.579. The van der Waals surface area contributed by atoms with Crippen LogP contribution < -0.4 is 4.90 Å². The molecule has 2 bridgehead atoms. The van der Waals surface area contributed by atoms with Gasteiger partial charge in [0, 0.05) is 31.9 Å². The molecule has 0 aromatic heterocycles. The van der Waals surface area contributed by atoms with Crippen molar-refractivity contribution in [2.45, 2.75) is 19.3 Å². The first kappa shape index (κ1) is 16.4. The zero-order valence-corrected chi connectivity index (χ0v) is 14.1. The fourth-order valence-corrected chi connectivity index (χ4v) is 5.05. The molecule has 0 unspecified atom stereocenters. The average molecular weight is 346 g/mol. The summed E-state index contributed by atoms with van der Waals surface area (Å²) in [6.07, 6.45) is 2.83. The summed E-state index contributed by atoms with van der Waals surface area (Å²) in [5.74, 6) is -1.46. The van der Waals surface area contributed by atoms with E-state index in [4.69, 9.17) is 0 Å². The minimum atomic E-state index is -0.810. The molecule has 0 radical (unpaired) electrons. The molecule has 1 amide bonds. The van der Waals surface area contributed by atoms with Crippen molar-refractivity contribution in [2.24, 2.45) is 23.7 Å². The molecule has 6 heteroatoms. The van der Waals surface area contributed by atoms with Gasteiger partial charge in [0.2, 0.25) is 5.91 Å². The number of carbonyl (C=O) groups is 2. The fourth-order valence-electron chi connectivity index (χ4n) is 5.05. The zero-order valence-electron chi connectivity index (χ0n) is 14.1. The number of piperazine rings is 1. The highest BCUT2D eigenvalue weighted by Gasteiger charge is 2.54. The lowest BCUT2D eigenvalue weighted by Crippen LogP contribution is -2.52. The number of aliphatic carboxylic acids is 1. The van der Waals surface area contributed by atoms with Crippen LogP contribution in [0.25, 0.3) is 0 Å². The molecule has 25 heavy (non-hydrogen) atoms. The Balaban J connectivity index is 1.41. The number of rotatable bonds is 3. The summed E-state index contributed by atoms with van der Waals surface area (Å²) < 4.78 is 13.1. The molecule has 1 aromatic carbocycles. The molecule has 1 aromatic rings. The van der Waals surface area contributed by atoms with E-state index in [1.807, 2.05) is 4.90 Å². The summed E-state index contributed by atoms with van der Waals surface area (Å²) in [7, 11) is 0. The maximum atomic E-state index is 13.1. The number of hydrogen-bond donors (Lipinski definition) is 1. The third-order valence-electron chi connectivity index (χ3n) is 6.27. The maximum absolute atomic E-state index is 13.1. The Hall–Kier alpha value is -2.11. The van der Waals surface area contributed by atoms with E-state index in [-0.39, 0.29) is 29.5 Å². The van der Waals surface area contributed by atoms with Gasteiger partial charge in [0.25, 0.3) is 0 Å². The molecule has 5 nitrogen and oxygen atoms in total. The quantitative estimate of drug-likeness (QED) is 0.912. The molecule has 1 saturated heterocycles. The van der Waals surface area contributed by atoms with Crippen LogP contribution in [0.2, 0.25) is 0 Å². The third-order valence-corrected chi connectivity index (χ3v) is 6.27. The molecule has 134 valence electrons. The summed E-state index contributed by atoms with van der Waals surface area (Å²) in [6.45, 7) is 2.57. The van der Waals surface area contributed by atoms with Crippen LogP contribution in [-0.2, 0) is 9.59 Å². The van der Waals surface area contributed by atoms with Crippen molar-refractivity contribution in [1.29, 1.82) is 0 Å². The van der Waals surface area contributed by atoms with Crippen LogP contribution in [-0.4, -0.2) is 48.1 Å². The average Bonchev–Trinajstić information content (AvgIpc) is 3.23. The van der Waals surface area contributed by atoms with Crippen molar-refractivity contribution >= 4 is 17.6 Å². The van der Waals surface area contributed by atoms with Gasteiger partial charge in [-0.2, -0.15) is 0 Å². The predicted molar refractivity (Wildman–Crippen MR) is 90.6 cm³/mol. The van der Waals surface area contributed by atoms with Crippen LogP contribution in [0.4, 0.5) is 10.1 Å². The van der Waals surface area contributed by atoms with E-state index in [0.29, 0.717) is 26.2 Å². The van der Waals surface area contributed by atoms with Crippen LogP contribution >= 0.6 is 0 Å². The Bertz CT molecular complexity index is 670. The Morgan fingerprint density at radius 3 is 2.16 bits per heavy atom. The first-order valence-corrected chi connectivity index (χ1v) is 9.06. The summed E-state index contributed by atoms with van der Waals surface area (Å²) in [4.78, 5) is 28.6. The second-order valence-electron chi connectivity index (χ2n) is 7.51. The molecular formula is C19H23FN2O3. The van der Waals surface area contributed by atoms with Gasteiger partial charge in [0.1, 0.15) is 5.82 Å². The van der Waals surface area contributed by atoms with Crippen molar-refractivity contribution in [3.63, 3.8) is 0 Å². The van der Waals surface area contributed by atoms with Crippen molar-refractivity contribution in [3.05, 3.63) is 30.1 Å². The van der Waals surface area contributed by atoms with Crippen LogP contribution in [0.1, 0.15) is 19.3 Å². The van der Waals surface area contributed by atoms with E-state index in [9.17, 15) is 19.1 Å². The number of halogens is 1. The molecule has 4 rings (SSSR count). The minimum Gasteiger partial charge on any atom is -0.481 e. The number of carboxylic acids is 1. The highest BCUT2D eigenvalue weighted by Crippen LogP contribution is 2.53. The highest BCUT2D eigenvalue weighted by molar-refractivity contribution is 5.86. The normalized spacial score (nSPS) is 31.4. The Morgan fingerprint density at radius 2 is 1.56 bits per heavy atom. The van der Waals surface area contributed by atoms with Gasteiger partial charge in [-0.3, -0.25) is 9.59 Å². The van der Waals surface area contributed by atoms with Gasteiger partial charge in [-0.05, 0) is 55.4 Å². The smallest absolute Gasteiger partial charge is 0.307 e.